The van der Waals surface area contributed by atoms with Gasteiger partial charge in [-0.2, -0.15) is 17.0 Å². The highest BCUT2D eigenvalue weighted by atomic mass is 32.2. The largest absolute Gasteiger partial charge is 0.374 e. The predicted molar refractivity (Wildman–Crippen MR) is 46.2 cm³/mol. The molecule has 0 amide bonds. The monoisotopic (exact) mass is 171 g/mol. The molecule has 0 aliphatic carbocycles. The van der Waals surface area contributed by atoms with Gasteiger partial charge in [0.1, 0.15) is 0 Å². The van der Waals surface area contributed by atoms with Crippen molar-refractivity contribution in [2.75, 3.05) is 11.5 Å². The third kappa shape index (κ3) is 1.52. The van der Waals surface area contributed by atoms with Crippen molar-refractivity contribution in [3.05, 3.63) is 0 Å². The van der Waals surface area contributed by atoms with Crippen LogP contribution in [0.3, 0.4) is 0 Å². The molecule has 62 valence electrons. The molecule has 0 bridgehead atoms. The van der Waals surface area contributed by atoms with Crippen LogP contribution in [0.15, 0.2) is 0 Å². The Morgan fingerprint density at radius 3 is 2.73 bits per heavy atom. The molecule has 2 nitrogen and oxygen atoms in total. The number of nitrogens with zero attached hydrogens (tertiary/aromatic N) is 1. The van der Waals surface area contributed by atoms with Gasteiger partial charge in [-0.05, 0) is 5.92 Å². The molecule has 0 radical (unpaired) electrons. The summed E-state index contributed by atoms with van der Waals surface area (Å²) in [7, 11) is 0. The summed E-state index contributed by atoms with van der Waals surface area (Å²) < 4.78 is 0. The minimum absolute atomic E-state index is 0.150. The summed E-state index contributed by atoms with van der Waals surface area (Å²) in [5.74, 6) is 2.04. The third-order valence-corrected chi connectivity index (χ3v) is 3.47. The minimum atomic E-state index is -1.06. The second-order valence-corrected chi connectivity index (χ2v) is 4.43. The van der Waals surface area contributed by atoms with Gasteiger partial charge in [0.25, 0.3) is 0 Å². The summed E-state index contributed by atoms with van der Waals surface area (Å²) in [6.45, 7) is 4.11. The van der Waals surface area contributed by atoms with Gasteiger partial charge in [0.15, 0.2) is 5.60 Å². The van der Waals surface area contributed by atoms with Crippen molar-refractivity contribution in [3.63, 3.8) is 0 Å². The van der Waals surface area contributed by atoms with Crippen LogP contribution in [0.25, 0.3) is 0 Å². The van der Waals surface area contributed by atoms with Crippen LogP contribution in [0.1, 0.15) is 13.8 Å². The van der Waals surface area contributed by atoms with Gasteiger partial charge in [-0.1, -0.05) is 13.8 Å². The molecule has 2 atom stereocenters. The van der Waals surface area contributed by atoms with Crippen LogP contribution in [0, 0.1) is 23.2 Å². The summed E-state index contributed by atoms with van der Waals surface area (Å²) in [5, 5.41) is 18.5. The average molecular weight is 171 g/mol. The first-order valence-electron chi connectivity index (χ1n) is 3.81. The molecule has 11 heavy (non-hydrogen) atoms. The van der Waals surface area contributed by atoms with Crippen LogP contribution >= 0.6 is 11.8 Å². The van der Waals surface area contributed by atoms with Gasteiger partial charge in [0, 0.05) is 17.4 Å². The van der Waals surface area contributed by atoms with E-state index >= 15 is 0 Å². The van der Waals surface area contributed by atoms with E-state index in [1.807, 2.05) is 6.07 Å². The van der Waals surface area contributed by atoms with Gasteiger partial charge >= 0.3 is 0 Å². The van der Waals surface area contributed by atoms with Gasteiger partial charge in [0.2, 0.25) is 0 Å². The van der Waals surface area contributed by atoms with Gasteiger partial charge in [-0.25, -0.2) is 0 Å². The van der Waals surface area contributed by atoms with Gasteiger partial charge in [-0.3, -0.25) is 0 Å². The zero-order valence-electron chi connectivity index (χ0n) is 6.87. The molecular formula is C8H13NOS. The van der Waals surface area contributed by atoms with E-state index in [2.05, 4.69) is 13.8 Å². The van der Waals surface area contributed by atoms with Gasteiger partial charge in [0.05, 0.1) is 6.07 Å². The Kier molecular flexibility index (Phi) is 2.46. The normalized spacial score (nSPS) is 37.5. The van der Waals surface area contributed by atoms with Crippen molar-refractivity contribution in [3.8, 4) is 6.07 Å². The van der Waals surface area contributed by atoms with Crippen molar-refractivity contribution in [1.82, 2.24) is 0 Å². The number of aliphatic hydroxyl groups is 1. The average Bonchev–Trinajstić information content (AvgIpc) is 2.32. The summed E-state index contributed by atoms with van der Waals surface area (Å²) in [5.41, 5.74) is -1.06. The molecule has 2 unspecified atom stereocenters. The van der Waals surface area contributed by atoms with Gasteiger partial charge in [-0.15, -0.1) is 0 Å². The van der Waals surface area contributed by atoms with Crippen LogP contribution in [0.2, 0.25) is 0 Å². The SMILES string of the molecule is CC(C)C1CSCC1(O)C#N. The minimum Gasteiger partial charge on any atom is -0.374 e. The Labute approximate surface area is 71.6 Å². The Bertz CT molecular complexity index is 187. The molecule has 1 N–H and O–H groups in total. The molecule has 1 aliphatic heterocycles. The van der Waals surface area contributed by atoms with Crippen LogP contribution in [0.4, 0.5) is 0 Å². The first kappa shape index (κ1) is 8.89. The highest BCUT2D eigenvalue weighted by Gasteiger charge is 2.43. The van der Waals surface area contributed by atoms with E-state index in [4.69, 9.17) is 5.26 Å². The quantitative estimate of drug-likeness (QED) is 0.604. The predicted octanol–water partition coefficient (Wildman–Crippen LogP) is 1.26. The van der Waals surface area contributed by atoms with Crippen LogP contribution in [-0.2, 0) is 0 Å². The Morgan fingerprint density at radius 2 is 2.36 bits per heavy atom. The lowest BCUT2D eigenvalue weighted by atomic mass is 9.83. The summed E-state index contributed by atoms with van der Waals surface area (Å²) in [6, 6.07) is 2.01. The summed E-state index contributed by atoms with van der Waals surface area (Å²) >= 11 is 1.67. The van der Waals surface area contributed by atoms with Crippen molar-refractivity contribution in [1.29, 1.82) is 5.26 Å². The topological polar surface area (TPSA) is 44.0 Å². The number of hydrogen-bond donors (Lipinski definition) is 1. The molecule has 0 aromatic carbocycles. The number of thioether (sulfide) groups is 1. The smallest absolute Gasteiger partial charge is 0.163 e. The zero-order valence-corrected chi connectivity index (χ0v) is 7.69. The second kappa shape index (κ2) is 3.04. The van der Waals surface area contributed by atoms with Crippen molar-refractivity contribution in [2.24, 2.45) is 11.8 Å². The highest BCUT2D eigenvalue weighted by molar-refractivity contribution is 7.99. The van der Waals surface area contributed by atoms with Crippen molar-refractivity contribution < 1.29 is 5.11 Å². The Hall–Kier alpha value is -0.200. The number of hydrogen-bond acceptors (Lipinski definition) is 3. The lowest BCUT2D eigenvalue weighted by molar-refractivity contribution is 0.0552. The van der Waals surface area contributed by atoms with Crippen molar-refractivity contribution >= 4 is 11.8 Å². The lowest BCUT2D eigenvalue weighted by Crippen LogP contribution is -2.37. The maximum atomic E-state index is 9.75. The molecule has 1 saturated heterocycles. The maximum Gasteiger partial charge on any atom is 0.163 e. The molecule has 3 heteroatoms. The fourth-order valence-corrected chi connectivity index (χ4v) is 3.07. The van der Waals surface area contributed by atoms with E-state index in [0.717, 1.165) is 5.75 Å². The molecule has 1 aliphatic rings. The molecule has 0 spiro atoms. The molecule has 1 rings (SSSR count). The Morgan fingerprint density at radius 1 is 1.73 bits per heavy atom. The van der Waals surface area contributed by atoms with Crippen LogP contribution < -0.4 is 0 Å². The molecule has 1 fully saturated rings. The Balaban J connectivity index is 2.74. The van der Waals surface area contributed by atoms with E-state index in [0.29, 0.717) is 11.7 Å². The van der Waals surface area contributed by atoms with E-state index in [1.165, 1.54) is 0 Å². The molecule has 1 heterocycles. The third-order valence-electron chi connectivity index (χ3n) is 2.23. The van der Waals surface area contributed by atoms with E-state index in [1.54, 1.807) is 11.8 Å². The second-order valence-electron chi connectivity index (χ2n) is 3.40. The zero-order chi connectivity index (χ0) is 8.48. The van der Waals surface area contributed by atoms with Gasteiger partial charge < -0.3 is 5.11 Å². The molecule has 0 aromatic rings. The van der Waals surface area contributed by atoms with Crippen LogP contribution in [-0.4, -0.2) is 22.2 Å². The number of rotatable bonds is 1. The number of nitriles is 1. The fourth-order valence-electron chi connectivity index (χ4n) is 1.45. The standard InChI is InChI=1S/C8H13NOS/c1-6(2)7-3-11-5-8(7,10)4-9/h6-7,10H,3,5H2,1-2H3. The van der Waals surface area contributed by atoms with Crippen LogP contribution in [0.5, 0.6) is 0 Å². The maximum absolute atomic E-state index is 9.75. The molecule has 0 saturated carbocycles. The molecular weight excluding hydrogens is 158 g/mol. The fraction of sp³-hybridized carbons (Fsp3) is 0.875. The lowest BCUT2D eigenvalue weighted by Gasteiger charge is -2.24. The van der Waals surface area contributed by atoms with E-state index in [-0.39, 0.29) is 5.92 Å². The van der Waals surface area contributed by atoms with E-state index in [9.17, 15) is 5.11 Å². The first-order valence-corrected chi connectivity index (χ1v) is 4.97. The molecule has 0 aromatic heterocycles. The summed E-state index contributed by atoms with van der Waals surface area (Å²) in [6.07, 6.45) is 0. The first-order chi connectivity index (χ1) is 5.10. The van der Waals surface area contributed by atoms with E-state index < -0.39 is 5.60 Å². The summed E-state index contributed by atoms with van der Waals surface area (Å²) in [4.78, 5) is 0. The highest BCUT2D eigenvalue weighted by Crippen LogP contribution is 2.37. The van der Waals surface area contributed by atoms with Crippen molar-refractivity contribution in [2.45, 2.75) is 19.4 Å².